The summed E-state index contributed by atoms with van der Waals surface area (Å²) in [7, 11) is 1.99. The first-order valence-electron chi connectivity index (χ1n) is 5.22. The summed E-state index contributed by atoms with van der Waals surface area (Å²) in [4.78, 5) is 3.47. The smallest absolute Gasteiger partial charge is 0.0587 e. The fourth-order valence-electron chi connectivity index (χ4n) is 1.52. The van der Waals surface area contributed by atoms with Crippen molar-refractivity contribution in [3.05, 3.63) is 22.4 Å². The van der Waals surface area contributed by atoms with Crippen molar-refractivity contribution in [3.8, 4) is 0 Å². The lowest BCUT2D eigenvalue weighted by atomic mass is 10.2. The molecule has 2 N–H and O–H groups in total. The van der Waals surface area contributed by atoms with Crippen molar-refractivity contribution in [1.29, 1.82) is 0 Å². The van der Waals surface area contributed by atoms with Crippen LogP contribution in [0.15, 0.2) is 17.5 Å². The van der Waals surface area contributed by atoms with Crippen molar-refractivity contribution in [1.82, 2.24) is 4.90 Å². The molecular formula is C11H19NO2S. The first kappa shape index (κ1) is 12.6. The molecule has 0 aliphatic heterocycles. The third kappa shape index (κ3) is 4.30. The maximum absolute atomic E-state index is 9.13. The van der Waals surface area contributed by atoms with E-state index in [1.165, 1.54) is 4.88 Å². The van der Waals surface area contributed by atoms with Gasteiger partial charge >= 0.3 is 0 Å². The number of thiophene rings is 1. The average Bonchev–Trinajstić information content (AvgIpc) is 2.75. The lowest BCUT2D eigenvalue weighted by Crippen LogP contribution is -2.36. The number of hydrogen-bond acceptors (Lipinski definition) is 4. The van der Waals surface area contributed by atoms with Gasteiger partial charge in [-0.2, -0.15) is 0 Å². The minimum absolute atomic E-state index is 0.0787. The van der Waals surface area contributed by atoms with E-state index in [4.69, 9.17) is 10.2 Å². The Balaban J connectivity index is 2.30. The molecule has 1 aromatic rings. The van der Waals surface area contributed by atoms with Gasteiger partial charge in [-0.25, -0.2) is 0 Å². The van der Waals surface area contributed by atoms with Crippen LogP contribution in [0.3, 0.4) is 0 Å². The summed E-state index contributed by atoms with van der Waals surface area (Å²) in [6.07, 6.45) is 1.65. The van der Waals surface area contributed by atoms with E-state index >= 15 is 0 Å². The molecule has 1 rings (SSSR count). The highest BCUT2D eigenvalue weighted by atomic mass is 32.1. The Morgan fingerprint density at radius 3 is 2.80 bits per heavy atom. The zero-order chi connectivity index (χ0) is 11.1. The zero-order valence-electron chi connectivity index (χ0n) is 9.09. The van der Waals surface area contributed by atoms with Gasteiger partial charge in [0.2, 0.25) is 0 Å². The van der Waals surface area contributed by atoms with Gasteiger partial charge in [0.1, 0.15) is 0 Å². The predicted octanol–water partition coefficient (Wildman–Crippen LogP) is 0.966. The molecule has 86 valence electrons. The van der Waals surface area contributed by atoms with E-state index in [1.54, 1.807) is 11.3 Å². The average molecular weight is 229 g/mol. The summed E-state index contributed by atoms with van der Waals surface area (Å²) >= 11 is 1.76. The third-order valence-electron chi connectivity index (χ3n) is 2.59. The first-order chi connectivity index (χ1) is 7.27. The van der Waals surface area contributed by atoms with Crippen LogP contribution in [-0.4, -0.2) is 48.0 Å². The SMILES string of the molecule is CN(CCc1cccs1)C(CO)CCO. The van der Waals surface area contributed by atoms with Crippen LogP contribution in [0.1, 0.15) is 11.3 Å². The van der Waals surface area contributed by atoms with Gasteiger partial charge in [0, 0.05) is 24.1 Å². The highest BCUT2D eigenvalue weighted by Gasteiger charge is 2.12. The van der Waals surface area contributed by atoms with Gasteiger partial charge in [-0.1, -0.05) is 6.07 Å². The van der Waals surface area contributed by atoms with Crippen LogP contribution in [0.2, 0.25) is 0 Å². The van der Waals surface area contributed by atoms with Gasteiger partial charge in [0.15, 0.2) is 0 Å². The van der Waals surface area contributed by atoms with Crippen LogP contribution in [0.5, 0.6) is 0 Å². The van der Waals surface area contributed by atoms with E-state index < -0.39 is 0 Å². The topological polar surface area (TPSA) is 43.7 Å². The monoisotopic (exact) mass is 229 g/mol. The molecule has 0 saturated carbocycles. The Morgan fingerprint density at radius 1 is 1.47 bits per heavy atom. The van der Waals surface area contributed by atoms with Crippen LogP contribution in [0, 0.1) is 0 Å². The number of aliphatic hydroxyl groups is 2. The van der Waals surface area contributed by atoms with Crippen LogP contribution in [0.25, 0.3) is 0 Å². The first-order valence-corrected chi connectivity index (χ1v) is 6.10. The van der Waals surface area contributed by atoms with E-state index in [0.717, 1.165) is 13.0 Å². The van der Waals surface area contributed by atoms with E-state index in [9.17, 15) is 0 Å². The fraction of sp³-hybridized carbons (Fsp3) is 0.636. The van der Waals surface area contributed by atoms with Crippen LogP contribution in [-0.2, 0) is 6.42 Å². The summed E-state index contributed by atoms with van der Waals surface area (Å²) < 4.78 is 0. The summed E-state index contributed by atoms with van der Waals surface area (Å²) in [5.74, 6) is 0. The van der Waals surface area contributed by atoms with Gasteiger partial charge < -0.3 is 15.1 Å². The molecule has 0 fully saturated rings. The summed E-state index contributed by atoms with van der Waals surface area (Å²) in [6, 6.07) is 4.26. The molecule has 1 unspecified atom stereocenters. The lowest BCUT2D eigenvalue weighted by Gasteiger charge is -2.25. The largest absolute Gasteiger partial charge is 0.396 e. The van der Waals surface area contributed by atoms with Crippen molar-refractivity contribution < 1.29 is 10.2 Å². The third-order valence-corrected chi connectivity index (χ3v) is 3.52. The van der Waals surface area contributed by atoms with Gasteiger partial charge in [-0.3, -0.25) is 0 Å². The molecule has 4 heteroatoms. The molecule has 0 saturated heterocycles. The second-order valence-corrected chi connectivity index (χ2v) is 4.69. The van der Waals surface area contributed by atoms with E-state index in [1.807, 2.05) is 7.05 Å². The van der Waals surface area contributed by atoms with Crippen molar-refractivity contribution in [2.75, 3.05) is 26.8 Å². The molecule has 1 atom stereocenters. The minimum Gasteiger partial charge on any atom is -0.396 e. The lowest BCUT2D eigenvalue weighted by molar-refractivity contribution is 0.121. The Bertz CT molecular complexity index is 251. The van der Waals surface area contributed by atoms with Crippen molar-refractivity contribution >= 4 is 11.3 Å². The quantitative estimate of drug-likeness (QED) is 0.732. The molecule has 0 amide bonds. The molecule has 0 aliphatic rings. The maximum atomic E-state index is 9.13. The normalized spacial score (nSPS) is 13.3. The van der Waals surface area contributed by atoms with Gasteiger partial charge in [-0.05, 0) is 31.3 Å². The molecule has 1 heterocycles. The van der Waals surface area contributed by atoms with Crippen LogP contribution < -0.4 is 0 Å². The number of hydrogen-bond donors (Lipinski definition) is 2. The van der Waals surface area contributed by atoms with Gasteiger partial charge in [0.25, 0.3) is 0 Å². The molecule has 3 nitrogen and oxygen atoms in total. The Kier molecular flexibility index (Phi) is 5.86. The number of rotatable bonds is 7. The Morgan fingerprint density at radius 2 is 2.27 bits per heavy atom. The number of nitrogens with zero attached hydrogens (tertiary/aromatic N) is 1. The molecule has 0 bridgehead atoms. The molecule has 0 aliphatic carbocycles. The van der Waals surface area contributed by atoms with E-state index in [2.05, 4.69) is 22.4 Å². The zero-order valence-corrected chi connectivity index (χ0v) is 9.91. The molecule has 1 aromatic heterocycles. The Hall–Kier alpha value is -0.420. The van der Waals surface area contributed by atoms with Gasteiger partial charge in [0.05, 0.1) is 6.61 Å². The molecule has 0 spiro atoms. The van der Waals surface area contributed by atoms with E-state index in [0.29, 0.717) is 6.42 Å². The molecule has 15 heavy (non-hydrogen) atoms. The highest BCUT2D eigenvalue weighted by Crippen LogP contribution is 2.10. The van der Waals surface area contributed by atoms with Crippen molar-refractivity contribution in [3.63, 3.8) is 0 Å². The van der Waals surface area contributed by atoms with Crippen LogP contribution >= 0.6 is 11.3 Å². The number of aliphatic hydroxyl groups excluding tert-OH is 2. The predicted molar refractivity (Wildman–Crippen MR) is 63.2 cm³/mol. The second kappa shape index (κ2) is 6.95. The maximum Gasteiger partial charge on any atom is 0.0587 e. The summed E-state index contributed by atoms with van der Waals surface area (Å²) in [6.45, 7) is 1.17. The van der Waals surface area contributed by atoms with Gasteiger partial charge in [-0.15, -0.1) is 11.3 Å². The molecule has 0 aromatic carbocycles. The summed E-state index contributed by atoms with van der Waals surface area (Å²) in [5.41, 5.74) is 0. The summed E-state index contributed by atoms with van der Waals surface area (Å²) in [5, 5.41) is 20.0. The highest BCUT2D eigenvalue weighted by molar-refractivity contribution is 7.09. The van der Waals surface area contributed by atoms with Crippen molar-refractivity contribution in [2.24, 2.45) is 0 Å². The van der Waals surface area contributed by atoms with E-state index in [-0.39, 0.29) is 19.3 Å². The standard InChI is InChI=1S/C11H19NO2S/c1-12(10(9-14)5-7-13)6-4-11-3-2-8-15-11/h2-3,8,10,13-14H,4-7,9H2,1H3. The Labute approximate surface area is 95.0 Å². The second-order valence-electron chi connectivity index (χ2n) is 3.66. The number of likely N-dealkylation sites (N-methyl/N-ethyl adjacent to an activating group) is 1. The van der Waals surface area contributed by atoms with Crippen LogP contribution in [0.4, 0.5) is 0 Å². The van der Waals surface area contributed by atoms with Crippen molar-refractivity contribution in [2.45, 2.75) is 18.9 Å². The molecular weight excluding hydrogens is 210 g/mol. The fourth-order valence-corrected chi connectivity index (χ4v) is 2.22. The minimum atomic E-state index is 0.0787. The molecule has 0 radical (unpaired) electrons.